The van der Waals surface area contributed by atoms with Gasteiger partial charge in [0.05, 0.1) is 12.1 Å². The summed E-state index contributed by atoms with van der Waals surface area (Å²) in [6.45, 7) is 1.29. The van der Waals surface area contributed by atoms with Gasteiger partial charge in [0.15, 0.2) is 6.04 Å². The Morgan fingerprint density at radius 3 is 2.70 bits per heavy atom. The molecular formula is C16H20ClNO5. The molecule has 0 spiro atoms. The van der Waals surface area contributed by atoms with Crippen molar-refractivity contribution in [2.24, 2.45) is 5.92 Å². The van der Waals surface area contributed by atoms with Crippen LogP contribution in [0, 0.1) is 5.92 Å². The summed E-state index contributed by atoms with van der Waals surface area (Å²) in [4.78, 5) is 23.6. The fraction of sp³-hybridized carbons (Fsp3) is 0.500. The maximum absolute atomic E-state index is 12.1. The summed E-state index contributed by atoms with van der Waals surface area (Å²) >= 11 is 6.03. The van der Waals surface area contributed by atoms with Crippen molar-refractivity contribution < 1.29 is 24.2 Å². The van der Waals surface area contributed by atoms with Crippen LogP contribution >= 0.6 is 11.6 Å². The van der Waals surface area contributed by atoms with Gasteiger partial charge in [0.1, 0.15) is 5.75 Å². The molecule has 0 bridgehead atoms. The second-order valence-electron chi connectivity index (χ2n) is 5.49. The lowest BCUT2D eigenvalue weighted by Gasteiger charge is -2.22. The minimum Gasteiger partial charge on any atom is -0.495 e. The maximum atomic E-state index is 12.1. The molecule has 2 N–H and O–H groups in total. The molecule has 0 radical (unpaired) electrons. The molecule has 1 fully saturated rings. The second-order valence-corrected chi connectivity index (χ2v) is 5.90. The Bertz CT molecular complexity index is 572. The number of methoxy groups -OCH3 is 1. The first-order valence-corrected chi connectivity index (χ1v) is 7.82. The zero-order valence-electron chi connectivity index (χ0n) is 12.9. The van der Waals surface area contributed by atoms with E-state index in [1.165, 1.54) is 13.2 Å². The predicted octanol–water partition coefficient (Wildman–Crippen LogP) is 2.41. The van der Waals surface area contributed by atoms with Crippen LogP contribution in [0.15, 0.2) is 18.2 Å². The van der Waals surface area contributed by atoms with Gasteiger partial charge in [-0.25, -0.2) is 4.79 Å². The fourth-order valence-corrected chi connectivity index (χ4v) is 2.85. The van der Waals surface area contributed by atoms with E-state index in [2.05, 4.69) is 5.32 Å². The third-order valence-electron chi connectivity index (χ3n) is 3.88. The average molecular weight is 342 g/mol. The van der Waals surface area contributed by atoms with E-state index in [4.69, 9.17) is 21.1 Å². The number of nitrogens with one attached hydrogen (secondary N) is 1. The van der Waals surface area contributed by atoms with E-state index in [0.717, 1.165) is 12.8 Å². The van der Waals surface area contributed by atoms with Gasteiger partial charge >= 0.3 is 5.97 Å². The Hall–Kier alpha value is -1.79. The number of carbonyl (C=O) groups excluding carboxylic acids is 1. The van der Waals surface area contributed by atoms with Crippen molar-refractivity contribution in [2.75, 3.05) is 20.3 Å². The van der Waals surface area contributed by atoms with Crippen LogP contribution in [-0.4, -0.2) is 37.3 Å². The molecule has 6 nitrogen and oxygen atoms in total. The van der Waals surface area contributed by atoms with Crippen LogP contribution in [0.4, 0.5) is 0 Å². The summed E-state index contributed by atoms with van der Waals surface area (Å²) in [5.74, 6) is -0.728. The smallest absolute Gasteiger partial charge is 0.330 e. The number of carboxylic acids is 1. The number of amides is 1. The molecule has 1 heterocycles. The third-order valence-corrected chi connectivity index (χ3v) is 4.17. The Labute approximate surface area is 139 Å². The number of carbonyl (C=O) groups is 2. The van der Waals surface area contributed by atoms with Gasteiger partial charge in [-0.2, -0.15) is 0 Å². The van der Waals surface area contributed by atoms with Gasteiger partial charge in [0, 0.05) is 19.6 Å². The second kappa shape index (κ2) is 8.17. The van der Waals surface area contributed by atoms with E-state index in [1.54, 1.807) is 12.1 Å². The molecule has 1 saturated heterocycles. The molecule has 1 aliphatic rings. The molecule has 7 heteroatoms. The van der Waals surface area contributed by atoms with Gasteiger partial charge in [-0.15, -0.1) is 0 Å². The van der Waals surface area contributed by atoms with Crippen molar-refractivity contribution in [1.29, 1.82) is 0 Å². The number of hydrogen-bond donors (Lipinski definition) is 2. The molecule has 2 rings (SSSR count). The lowest BCUT2D eigenvalue weighted by Crippen LogP contribution is -2.35. The summed E-state index contributed by atoms with van der Waals surface area (Å²) in [5, 5.41) is 12.3. The summed E-state index contributed by atoms with van der Waals surface area (Å²) in [7, 11) is 1.48. The minimum absolute atomic E-state index is 0.234. The van der Waals surface area contributed by atoms with E-state index in [0.29, 0.717) is 36.0 Å². The van der Waals surface area contributed by atoms with Crippen molar-refractivity contribution in [3.05, 3.63) is 28.8 Å². The number of hydrogen-bond acceptors (Lipinski definition) is 4. The first-order valence-electron chi connectivity index (χ1n) is 7.44. The minimum atomic E-state index is -1.13. The van der Waals surface area contributed by atoms with Crippen LogP contribution in [0.1, 0.15) is 30.9 Å². The molecule has 0 aromatic heterocycles. The maximum Gasteiger partial charge on any atom is 0.330 e. The highest BCUT2D eigenvalue weighted by atomic mass is 35.5. The highest BCUT2D eigenvalue weighted by molar-refractivity contribution is 6.32. The van der Waals surface area contributed by atoms with Crippen molar-refractivity contribution >= 4 is 23.5 Å². The fourth-order valence-electron chi connectivity index (χ4n) is 2.58. The van der Waals surface area contributed by atoms with Gasteiger partial charge in [-0.3, -0.25) is 4.79 Å². The van der Waals surface area contributed by atoms with Crippen molar-refractivity contribution in [3.63, 3.8) is 0 Å². The summed E-state index contributed by atoms with van der Waals surface area (Å²) in [5.41, 5.74) is 0.406. The highest BCUT2D eigenvalue weighted by Crippen LogP contribution is 2.28. The summed E-state index contributed by atoms with van der Waals surface area (Å²) < 4.78 is 10.3. The first kappa shape index (κ1) is 17.6. The monoisotopic (exact) mass is 341 g/mol. The Morgan fingerprint density at radius 2 is 2.13 bits per heavy atom. The lowest BCUT2D eigenvalue weighted by atomic mass is 9.96. The number of halogens is 1. The molecule has 126 valence electrons. The van der Waals surface area contributed by atoms with Crippen LogP contribution in [0.3, 0.4) is 0 Å². The van der Waals surface area contributed by atoms with Crippen LogP contribution < -0.4 is 10.1 Å². The van der Waals surface area contributed by atoms with Gasteiger partial charge < -0.3 is 19.9 Å². The normalized spacial score (nSPS) is 16.6. The molecule has 1 aliphatic heterocycles. The van der Waals surface area contributed by atoms with Gasteiger partial charge in [-0.05, 0) is 36.5 Å². The van der Waals surface area contributed by atoms with Gasteiger partial charge in [-0.1, -0.05) is 17.7 Å². The van der Waals surface area contributed by atoms with Crippen molar-refractivity contribution in [2.45, 2.75) is 25.3 Å². The van der Waals surface area contributed by atoms with E-state index in [-0.39, 0.29) is 11.8 Å². The molecule has 0 saturated carbocycles. The largest absolute Gasteiger partial charge is 0.495 e. The van der Waals surface area contributed by atoms with E-state index in [1.807, 2.05) is 0 Å². The van der Waals surface area contributed by atoms with Crippen molar-refractivity contribution in [3.8, 4) is 5.75 Å². The molecule has 1 amide bonds. The molecular weight excluding hydrogens is 322 g/mol. The number of rotatable bonds is 6. The predicted molar refractivity (Wildman–Crippen MR) is 84.7 cm³/mol. The van der Waals surface area contributed by atoms with E-state index < -0.39 is 12.0 Å². The van der Waals surface area contributed by atoms with Crippen LogP contribution in [0.5, 0.6) is 5.75 Å². The van der Waals surface area contributed by atoms with Gasteiger partial charge in [0.25, 0.3) is 0 Å². The zero-order valence-corrected chi connectivity index (χ0v) is 13.6. The third kappa shape index (κ3) is 4.84. The standard InChI is InChI=1S/C16H20ClNO5/c1-22-13-3-2-11(9-12(13)17)15(16(20)21)18-14(19)8-10-4-6-23-7-5-10/h2-3,9-10,15H,4-8H2,1H3,(H,18,19)(H,20,21). The molecule has 1 aromatic rings. The Morgan fingerprint density at radius 1 is 1.43 bits per heavy atom. The summed E-state index contributed by atoms with van der Waals surface area (Å²) in [6.07, 6.45) is 1.94. The number of carboxylic acid groups (broad SMARTS) is 1. The Kier molecular flexibility index (Phi) is 6.24. The average Bonchev–Trinajstić information content (AvgIpc) is 2.53. The van der Waals surface area contributed by atoms with Gasteiger partial charge in [0.2, 0.25) is 5.91 Å². The molecule has 23 heavy (non-hydrogen) atoms. The summed E-state index contributed by atoms with van der Waals surface area (Å²) in [6, 6.07) is 3.52. The number of benzene rings is 1. The highest BCUT2D eigenvalue weighted by Gasteiger charge is 2.25. The van der Waals surface area contributed by atoms with E-state index >= 15 is 0 Å². The topological polar surface area (TPSA) is 84.9 Å². The molecule has 1 atom stereocenters. The zero-order chi connectivity index (χ0) is 16.8. The SMILES string of the molecule is COc1ccc(C(NC(=O)CC2CCOCC2)C(=O)O)cc1Cl. The van der Waals surface area contributed by atoms with Crippen LogP contribution in [0.25, 0.3) is 0 Å². The van der Waals surface area contributed by atoms with E-state index in [9.17, 15) is 14.7 Å². The van der Waals surface area contributed by atoms with Crippen LogP contribution in [-0.2, 0) is 14.3 Å². The molecule has 1 unspecified atom stereocenters. The molecule has 1 aromatic carbocycles. The quantitative estimate of drug-likeness (QED) is 0.830. The number of aliphatic carboxylic acids is 1. The Balaban J connectivity index is 2.04. The first-order chi connectivity index (χ1) is 11.0. The molecule has 0 aliphatic carbocycles. The van der Waals surface area contributed by atoms with Crippen LogP contribution in [0.2, 0.25) is 5.02 Å². The number of ether oxygens (including phenoxy) is 2. The lowest BCUT2D eigenvalue weighted by molar-refractivity contribution is -0.142. The van der Waals surface area contributed by atoms with Crippen molar-refractivity contribution in [1.82, 2.24) is 5.32 Å².